The molecule has 2 rings (SSSR count). The van der Waals surface area contributed by atoms with Gasteiger partial charge in [-0.3, -0.25) is 14.4 Å². The molecule has 2 amide bonds. The number of hydrogen-bond acceptors (Lipinski definition) is 6. The maximum absolute atomic E-state index is 12.7. The number of benzene rings is 2. The predicted octanol–water partition coefficient (Wildman–Crippen LogP) is 3.78. The largest absolute Gasteiger partial charge is 0.462 e. The van der Waals surface area contributed by atoms with E-state index in [1.807, 2.05) is 0 Å². The Morgan fingerprint density at radius 2 is 1.52 bits per heavy atom. The first-order valence-electron chi connectivity index (χ1n) is 9.78. The van der Waals surface area contributed by atoms with Crippen molar-refractivity contribution in [3.8, 4) is 0 Å². The van der Waals surface area contributed by atoms with Crippen molar-refractivity contribution in [3.05, 3.63) is 59.7 Å². The van der Waals surface area contributed by atoms with Crippen LogP contribution in [-0.2, 0) is 30.0 Å². The van der Waals surface area contributed by atoms with Crippen molar-refractivity contribution in [1.82, 2.24) is 0 Å². The molecule has 0 unspecified atom stereocenters. The monoisotopic (exact) mass is 466 g/mol. The summed E-state index contributed by atoms with van der Waals surface area (Å²) in [5, 5.41) is 4.74. The summed E-state index contributed by atoms with van der Waals surface area (Å²) in [6.45, 7) is 1.31. The van der Waals surface area contributed by atoms with E-state index < -0.39 is 42.1 Å². The topological polar surface area (TPSA) is 111 Å². The van der Waals surface area contributed by atoms with E-state index in [1.54, 1.807) is 6.92 Å². The smallest absolute Gasteiger partial charge is 0.416 e. The van der Waals surface area contributed by atoms with E-state index in [1.165, 1.54) is 30.3 Å². The summed E-state index contributed by atoms with van der Waals surface area (Å²) in [5.41, 5.74) is -0.299. The summed E-state index contributed by atoms with van der Waals surface area (Å²) in [4.78, 5) is 47.1. The maximum atomic E-state index is 12.7. The van der Waals surface area contributed by atoms with E-state index in [2.05, 4.69) is 10.6 Å². The standard InChI is InChI=1S/C22H21F3N2O6/c1-2-32-21(31)14-6-8-16(9-7-14)26-19(29)13-33-20(30)11-10-18(28)27-17-5-3-4-15(12-17)22(23,24)25/h3-9,12H,2,10-11,13H2,1H3,(H,26,29)(H,27,28). The average Bonchev–Trinajstić information content (AvgIpc) is 2.76. The number of hydrogen-bond donors (Lipinski definition) is 2. The predicted molar refractivity (Wildman–Crippen MR) is 111 cm³/mol. The van der Waals surface area contributed by atoms with Crippen molar-refractivity contribution in [2.75, 3.05) is 23.8 Å². The van der Waals surface area contributed by atoms with Crippen LogP contribution in [-0.4, -0.2) is 37.0 Å². The molecule has 0 aliphatic heterocycles. The van der Waals surface area contributed by atoms with E-state index in [0.717, 1.165) is 18.2 Å². The van der Waals surface area contributed by atoms with Crippen LogP contribution in [0.3, 0.4) is 0 Å². The number of carbonyl (C=O) groups is 4. The van der Waals surface area contributed by atoms with E-state index >= 15 is 0 Å². The zero-order valence-electron chi connectivity index (χ0n) is 17.5. The minimum atomic E-state index is -4.55. The van der Waals surface area contributed by atoms with Gasteiger partial charge in [0.15, 0.2) is 6.61 Å². The number of alkyl halides is 3. The molecule has 0 saturated carbocycles. The van der Waals surface area contributed by atoms with Crippen LogP contribution in [0.1, 0.15) is 35.7 Å². The molecule has 2 N–H and O–H groups in total. The molecule has 0 fully saturated rings. The molecule has 11 heteroatoms. The Kier molecular flexibility index (Phi) is 8.96. The van der Waals surface area contributed by atoms with Crippen molar-refractivity contribution in [1.29, 1.82) is 0 Å². The zero-order chi connectivity index (χ0) is 24.4. The molecule has 0 saturated heterocycles. The lowest BCUT2D eigenvalue weighted by atomic mass is 10.2. The number of anilines is 2. The Morgan fingerprint density at radius 1 is 0.848 bits per heavy atom. The fraction of sp³-hybridized carbons (Fsp3) is 0.273. The fourth-order valence-corrected chi connectivity index (χ4v) is 2.53. The Labute approximate surface area is 187 Å². The van der Waals surface area contributed by atoms with Crippen LogP contribution in [0, 0.1) is 0 Å². The van der Waals surface area contributed by atoms with Gasteiger partial charge in [0, 0.05) is 17.8 Å². The summed E-state index contributed by atoms with van der Waals surface area (Å²) in [6, 6.07) is 9.96. The summed E-state index contributed by atoms with van der Waals surface area (Å²) >= 11 is 0. The number of nitrogens with one attached hydrogen (secondary N) is 2. The normalized spacial score (nSPS) is 10.8. The SMILES string of the molecule is CCOC(=O)c1ccc(NC(=O)COC(=O)CCC(=O)Nc2cccc(C(F)(F)F)c2)cc1. The van der Waals surface area contributed by atoms with Crippen molar-refractivity contribution in [3.63, 3.8) is 0 Å². The Bertz CT molecular complexity index is 1010. The van der Waals surface area contributed by atoms with E-state index in [9.17, 15) is 32.3 Å². The van der Waals surface area contributed by atoms with Crippen LogP contribution < -0.4 is 10.6 Å². The molecule has 0 atom stereocenters. The second kappa shape index (κ2) is 11.7. The Hall–Kier alpha value is -3.89. The average molecular weight is 466 g/mol. The molecule has 0 aromatic heterocycles. The highest BCUT2D eigenvalue weighted by Crippen LogP contribution is 2.30. The molecular formula is C22H21F3N2O6. The highest BCUT2D eigenvalue weighted by Gasteiger charge is 2.30. The lowest BCUT2D eigenvalue weighted by Gasteiger charge is -2.10. The van der Waals surface area contributed by atoms with Crippen LogP contribution in [0.15, 0.2) is 48.5 Å². The van der Waals surface area contributed by atoms with Crippen molar-refractivity contribution in [2.24, 2.45) is 0 Å². The van der Waals surface area contributed by atoms with Crippen LogP contribution in [0.4, 0.5) is 24.5 Å². The molecular weight excluding hydrogens is 445 g/mol. The summed E-state index contributed by atoms with van der Waals surface area (Å²) in [5.74, 6) is -2.65. The van der Waals surface area contributed by atoms with E-state index in [0.29, 0.717) is 11.3 Å². The van der Waals surface area contributed by atoms with Crippen LogP contribution in [0.2, 0.25) is 0 Å². The van der Waals surface area contributed by atoms with Gasteiger partial charge >= 0.3 is 18.1 Å². The molecule has 0 bridgehead atoms. The van der Waals surface area contributed by atoms with Gasteiger partial charge < -0.3 is 20.1 Å². The van der Waals surface area contributed by atoms with Gasteiger partial charge in [0.05, 0.1) is 24.2 Å². The minimum absolute atomic E-state index is 0.0588. The van der Waals surface area contributed by atoms with Crippen molar-refractivity contribution in [2.45, 2.75) is 25.9 Å². The first-order valence-corrected chi connectivity index (χ1v) is 9.78. The van der Waals surface area contributed by atoms with Gasteiger partial charge in [0.1, 0.15) is 0 Å². The van der Waals surface area contributed by atoms with Gasteiger partial charge in [-0.1, -0.05) is 6.07 Å². The summed E-state index contributed by atoms with van der Waals surface area (Å²) in [6.07, 6.45) is -5.26. The zero-order valence-corrected chi connectivity index (χ0v) is 17.5. The van der Waals surface area contributed by atoms with Gasteiger partial charge in [-0.05, 0) is 49.4 Å². The number of ether oxygens (including phenoxy) is 2. The van der Waals surface area contributed by atoms with Crippen LogP contribution in [0.5, 0.6) is 0 Å². The molecule has 2 aromatic carbocycles. The van der Waals surface area contributed by atoms with Crippen molar-refractivity contribution >= 4 is 35.1 Å². The van der Waals surface area contributed by atoms with Gasteiger partial charge in [-0.25, -0.2) is 4.79 Å². The van der Waals surface area contributed by atoms with Gasteiger partial charge in [0.25, 0.3) is 5.91 Å². The molecule has 8 nitrogen and oxygen atoms in total. The van der Waals surface area contributed by atoms with Gasteiger partial charge in [0.2, 0.25) is 5.91 Å². The Morgan fingerprint density at radius 3 is 2.15 bits per heavy atom. The number of amides is 2. The first-order chi connectivity index (χ1) is 15.6. The fourth-order valence-electron chi connectivity index (χ4n) is 2.53. The maximum Gasteiger partial charge on any atom is 0.416 e. The molecule has 33 heavy (non-hydrogen) atoms. The second-order valence-corrected chi connectivity index (χ2v) is 6.63. The summed E-state index contributed by atoms with van der Waals surface area (Å²) < 4.78 is 47.7. The van der Waals surface area contributed by atoms with Crippen LogP contribution >= 0.6 is 0 Å². The molecule has 0 aliphatic carbocycles. The number of rotatable bonds is 9. The highest BCUT2D eigenvalue weighted by molar-refractivity contribution is 5.95. The van der Waals surface area contributed by atoms with Crippen LogP contribution in [0.25, 0.3) is 0 Å². The van der Waals surface area contributed by atoms with Gasteiger partial charge in [-0.15, -0.1) is 0 Å². The summed E-state index contributed by atoms with van der Waals surface area (Å²) in [7, 11) is 0. The minimum Gasteiger partial charge on any atom is -0.462 e. The number of halogens is 3. The van der Waals surface area contributed by atoms with E-state index in [4.69, 9.17) is 9.47 Å². The molecule has 0 heterocycles. The van der Waals surface area contributed by atoms with Crippen molar-refractivity contribution < 1.29 is 41.8 Å². The highest BCUT2D eigenvalue weighted by atomic mass is 19.4. The molecule has 0 aliphatic rings. The third-order valence-corrected chi connectivity index (χ3v) is 4.07. The first kappa shape index (κ1) is 25.4. The number of esters is 2. The molecule has 2 aromatic rings. The number of carbonyl (C=O) groups excluding carboxylic acids is 4. The second-order valence-electron chi connectivity index (χ2n) is 6.63. The van der Waals surface area contributed by atoms with E-state index in [-0.39, 0.29) is 25.1 Å². The van der Waals surface area contributed by atoms with Gasteiger partial charge in [-0.2, -0.15) is 13.2 Å². The molecule has 0 radical (unpaired) electrons. The third-order valence-electron chi connectivity index (χ3n) is 4.07. The quantitative estimate of drug-likeness (QED) is 0.544. The Balaban J connectivity index is 1.73. The lowest BCUT2D eigenvalue weighted by Crippen LogP contribution is -2.22. The third kappa shape index (κ3) is 8.63. The molecule has 0 spiro atoms. The molecule has 176 valence electrons. The lowest BCUT2D eigenvalue weighted by molar-refractivity contribution is -0.147.